The maximum atomic E-state index is 11.8. The van der Waals surface area contributed by atoms with E-state index in [1.54, 1.807) is 29.2 Å². The summed E-state index contributed by atoms with van der Waals surface area (Å²) in [6.45, 7) is 3.20. The second kappa shape index (κ2) is 8.64. The quantitative estimate of drug-likeness (QED) is 0.835. The molecule has 0 radical (unpaired) electrons. The van der Waals surface area contributed by atoms with Crippen LogP contribution in [0.1, 0.15) is 13.3 Å². The van der Waals surface area contributed by atoms with Gasteiger partial charge in [0.05, 0.1) is 0 Å². The number of amides is 2. The molecule has 116 valence electrons. The fraction of sp³-hybridized carbons (Fsp3) is 0.467. The normalized spacial score (nSPS) is 10.5. The van der Waals surface area contributed by atoms with Gasteiger partial charge in [0, 0.05) is 43.7 Å². The molecule has 0 saturated heterocycles. The monoisotopic (exact) mass is 311 g/mol. The first-order valence-corrected chi connectivity index (χ1v) is 7.23. The van der Waals surface area contributed by atoms with Crippen LogP contribution >= 0.6 is 11.6 Å². The Labute approximate surface area is 130 Å². The van der Waals surface area contributed by atoms with Crippen molar-refractivity contribution >= 4 is 29.1 Å². The van der Waals surface area contributed by atoms with Crippen LogP contribution < -0.4 is 10.2 Å². The highest BCUT2D eigenvalue weighted by molar-refractivity contribution is 6.30. The van der Waals surface area contributed by atoms with Crippen LogP contribution in [-0.4, -0.2) is 50.4 Å². The van der Waals surface area contributed by atoms with E-state index in [-0.39, 0.29) is 18.2 Å². The topological polar surface area (TPSA) is 52.7 Å². The van der Waals surface area contributed by atoms with E-state index in [9.17, 15) is 9.59 Å². The molecule has 5 nitrogen and oxygen atoms in total. The van der Waals surface area contributed by atoms with Crippen molar-refractivity contribution in [3.05, 3.63) is 29.3 Å². The summed E-state index contributed by atoms with van der Waals surface area (Å²) in [4.78, 5) is 27.0. The molecule has 0 saturated carbocycles. The molecule has 0 atom stereocenters. The van der Waals surface area contributed by atoms with E-state index >= 15 is 0 Å². The lowest BCUT2D eigenvalue weighted by Gasteiger charge is -2.21. The zero-order valence-corrected chi connectivity index (χ0v) is 13.5. The molecule has 0 aliphatic carbocycles. The highest BCUT2D eigenvalue weighted by atomic mass is 35.5. The molecule has 6 heteroatoms. The van der Waals surface area contributed by atoms with E-state index in [0.717, 1.165) is 6.54 Å². The lowest BCUT2D eigenvalue weighted by Crippen LogP contribution is -2.36. The summed E-state index contributed by atoms with van der Waals surface area (Å²) < 4.78 is 0. The van der Waals surface area contributed by atoms with E-state index in [1.807, 2.05) is 19.0 Å². The summed E-state index contributed by atoms with van der Waals surface area (Å²) in [6, 6.07) is 7.05. The number of nitrogens with zero attached hydrogens (tertiary/aromatic N) is 2. The van der Waals surface area contributed by atoms with E-state index in [0.29, 0.717) is 23.8 Å². The highest BCUT2D eigenvalue weighted by Crippen LogP contribution is 2.19. The fourth-order valence-electron chi connectivity index (χ4n) is 1.83. The molecule has 0 unspecified atom stereocenters. The third-order valence-corrected chi connectivity index (χ3v) is 3.18. The molecule has 21 heavy (non-hydrogen) atoms. The van der Waals surface area contributed by atoms with Gasteiger partial charge in [-0.15, -0.1) is 0 Å². The van der Waals surface area contributed by atoms with Crippen LogP contribution in [0.4, 0.5) is 5.69 Å². The van der Waals surface area contributed by atoms with Crippen molar-refractivity contribution in [2.45, 2.75) is 13.3 Å². The van der Waals surface area contributed by atoms with Crippen LogP contribution in [-0.2, 0) is 9.59 Å². The summed E-state index contributed by atoms with van der Waals surface area (Å²) in [5, 5.41) is 3.39. The third kappa shape index (κ3) is 6.60. The maximum absolute atomic E-state index is 11.8. The predicted octanol–water partition coefficient (Wildman–Crippen LogP) is 1.76. The molecule has 2 amide bonds. The number of benzene rings is 1. The van der Waals surface area contributed by atoms with E-state index in [4.69, 9.17) is 11.6 Å². The lowest BCUT2D eigenvalue weighted by atomic mass is 10.2. The van der Waals surface area contributed by atoms with Gasteiger partial charge < -0.3 is 15.1 Å². The molecule has 0 heterocycles. The largest absolute Gasteiger partial charge is 0.355 e. The average Bonchev–Trinajstić information content (AvgIpc) is 2.38. The standard InChI is InChI=1S/C15H22ClN3O2/c1-12(20)19(14-6-4-5-13(16)11-14)9-7-15(21)17-8-10-18(2)3/h4-6,11H,7-10H2,1-3H3,(H,17,21). The Morgan fingerprint density at radius 3 is 2.52 bits per heavy atom. The highest BCUT2D eigenvalue weighted by Gasteiger charge is 2.13. The summed E-state index contributed by atoms with van der Waals surface area (Å²) >= 11 is 5.93. The average molecular weight is 312 g/mol. The Kier molecular flexibility index (Phi) is 7.19. The Balaban J connectivity index is 2.52. The van der Waals surface area contributed by atoms with Crippen molar-refractivity contribution in [2.75, 3.05) is 38.6 Å². The van der Waals surface area contributed by atoms with Gasteiger partial charge in [0.25, 0.3) is 0 Å². The number of nitrogens with one attached hydrogen (secondary N) is 1. The van der Waals surface area contributed by atoms with Crippen LogP contribution in [0.2, 0.25) is 5.02 Å². The molecule has 1 N–H and O–H groups in total. The molecule has 0 fully saturated rings. The van der Waals surface area contributed by atoms with Gasteiger partial charge in [-0.1, -0.05) is 17.7 Å². The summed E-state index contributed by atoms with van der Waals surface area (Å²) in [7, 11) is 3.89. The van der Waals surface area contributed by atoms with Crippen molar-refractivity contribution in [3.8, 4) is 0 Å². The van der Waals surface area contributed by atoms with Crippen LogP contribution in [0.5, 0.6) is 0 Å². The minimum Gasteiger partial charge on any atom is -0.355 e. The number of anilines is 1. The van der Waals surface area contributed by atoms with E-state index in [2.05, 4.69) is 5.32 Å². The number of carbonyl (C=O) groups is 2. The van der Waals surface area contributed by atoms with Gasteiger partial charge in [-0.2, -0.15) is 0 Å². The number of hydrogen-bond acceptors (Lipinski definition) is 3. The van der Waals surface area contributed by atoms with Gasteiger partial charge in [-0.3, -0.25) is 9.59 Å². The molecule has 0 aliphatic heterocycles. The summed E-state index contributed by atoms with van der Waals surface area (Å²) in [5.74, 6) is -0.177. The number of likely N-dealkylation sites (N-methyl/N-ethyl adjacent to an activating group) is 1. The third-order valence-electron chi connectivity index (χ3n) is 2.94. The van der Waals surface area contributed by atoms with Crippen molar-refractivity contribution in [3.63, 3.8) is 0 Å². The smallest absolute Gasteiger partial charge is 0.223 e. The second-order valence-electron chi connectivity index (χ2n) is 5.05. The van der Waals surface area contributed by atoms with Gasteiger partial charge >= 0.3 is 0 Å². The molecule has 0 aromatic heterocycles. The van der Waals surface area contributed by atoms with Crippen LogP contribution in [0.15, 0.2) is 24.3 Å². The fourth-order valence-corrected chi connectivity index (χ4v) is 2.02. The molecule has 1 aromatic rings. The SMILES string of the molecule is CC(=O)N(CCC(=O)NCCN(C)C)c1cccc(Cl)c1. The van der Waals surface area contributed by atoms with Crippen molar-refractivity contribution in [1.29, 1.82) is 0 Å². The van der Waals surface area contributed by atoms with Gasteiger partial charge in [0.15, 0.2) is 0 Å². The van der Waals surface area contributed by atoms with Crippen molar-refractivity contribution < 1.29 is 9.59 Å². The van der Waals surface area contributed by atoms with Crippen molar-refractivity contribution in [1.82, 2.24) is 10.2 Å². The Morgan fingerprint density at radius 2 is 1.95 bits per heavy atom. The lowest BCUT2D eigenvalue weighted by molar-refractivity contribution is -0.121. The molecule has 0 bridgehead atoms. The molecule has 0 spiro atoms. The zero-order valence-electron chi connectivity index (χ0n) is 12.7. The molecule has 1 rings (SSSR count). The van der Waals surface area contributed by atoms with Gasteiger partial charge in [-0.25, -0.2) is 0 Å². The van der Waals surface area contributed by atoms with Crippen LogP contribution in [0, 0.1) is 0 Å². The van der Waals surface area contributed by atoms with Gasteiger partial charge in [0.1, 0.15) is 0 Å². The predicted molar refractivity (Wildman–Crippen MR) is 85.7 cm³/mol. The van der Waals surface area contributed by atoms with E-state index < -0.39 is 0 Å². The number of hydrogen-bond donors (Lipinski definition) is 1. The Morgan fingerprint density at radius 1 is 1.24 bits per heavy atom. The number of carbonyl (C=O) groups excluding carboxylic acids is 2. The first-order chi connectivity index (χ1) is 9.90. The molecular formula is C15H22ClN3O2. The van der Waals surface area contributed by atoms with Crippen LogP contribution in [0.25, 0.3) is 0 Å². The van der Waals surface area contributed by atoms with E-state index in [1.165, 1.54) is 6.92 Å². The molecular weight excluding hydrogens is 290 g/mol. The Bertz CT molecular complexity index is 492. The summed E-state index contributed by atoms with van der Waals surface area (Å²) in [6.07, 6.45) is 0.263. The molecule has 0 aliphatic rings. The zero-order chi connectivity index (χ0) is 15.8. The van der Waals surface area contributed by atoms with Crippen molar-refractivity contribution in [2.24, 2.45) is 0 Å². The first kappa shape index (κ1) is 17.5. The number of halogens is 1. The first-order valence-electron chi connectivity index (χ1n) is 6.85. The van der Waals surface area contributed by atoms with Gasteiger partial charge in [0.2, 0.25) is 11.8 Å². The second-order valence-corrected chi connectivity index (χ2v) is 5.49. The van der Waals surface area contributed by atoms with Crippen LogP contribution in [0.3, 0.4) is 0 Å². The minimum absolute atomic E-state index is 0.0647. The maximum Gasteiger partial charge on any atom is 0.223 e. The number of rotatable bonds is 7. The minimum atomic E-state index is -0.113. The molecule has 1 aromatic carbocycles. The van der Waals surface area contributed by atoms with Gasteiger partial charge in [-0.05, 0) is 32.3 Å². The Hall–Kier alpha value is -1.59. The summed E-state index contributed by atoms with van der Waals surface area (Å²) in [5.41, 5.74) is 0.705.